The molecule has 1 atom stereocenters. The molecule has 1 aliphatic rings. The number of likely N-dealkylation sites (N-methyl/N-ethyl adjacent to an activating group) is 1. The second-order valence-electron chi connectivity index (χ2n) is 8.75. The number of hydrogen-bond donors (Lipinski definition) is 0. The number of carbonyl (C=O) groups is 2. The molecule has 1 heterocycles. The first-order chi connectivity index (χ1) is 17.7. The number of piperazine rings is 1. The molecule has 0 saturated carbocycles. The van der Waals surface area contributed by atoms with Crippen molar-refractivity contribution in [3.63, 3.8) is 0 Å². The first-order valence-corrected chi connectivity index (χ1v) is 12.3. The van der Waals surface area contributed by atoms with Crippen molar-refractivity contribution >= 4 is 11.8 Å². The lowest BCUT2D eigenvalue weighted by atomic mass is 10.1. The molecule has 10 heteroatoms. The number of carbonyl (C=O) groups excluding carboxylic acids is 2. The number of amides is 2. The highest BCUT2D eigenvalue weighted by molar-refractivity contribution is 5.98. The Bertz CT molecular complexity index is 1130. The zero-order valence-corrected chi connectivity index (χ0v) is 21.0. The van der Waals surface area contributed by atoms with Gasteiger partial charge in [0, 0.05) is 44.8 Å². The molecule has 0 bridgehead atoms. The summed E-state index contributed by atoms with van der Waals surface area (Å²) in [6.45, 7) is 6.64. The average Bonchev–Trinajstić information content (AvgIpc) is 2.91. The fourth-order valence-corrected chi connectivity index (χ4v) is 4.37. The first-order valence-electron chi connectivity index (χ1n) is 12.3. The maximum atomic E-state index is 13.3. The number of halogens is 3. The van der Waals surface area contributed by atoms with E-state index in [2.05, 4.69) is 11.0 Å². The van der Waals surface area contributed by atoms with Gasteiger partial charge < -0.3 is 14.5 Å². The van der Waals surface area contributed by atoms with Gasteiger partial charge in [-0.25, -0.2) is 0 Å². The van der Waals surface area contributed by atoms with Crippen LogP contribution in [0.3, 0.4) is 0 Å². The van der Waals surface area contributed by atoms with Crippen LogP contribution in [-0.4, -0.2) is 78.4 Å². The molecule has 37 heavy (non-hydrogen) atoms. The third kappa shape index (κ3) is 7.23. The number of ether oxygens (including phenoxy) is 1. The zero-order valence-electron chi connectivity index (χ0n) is 21.0. The minimum atomic E-state index is -4.57. The summed E-state index contributed by atoms with van der Waals surface area (Å²) in [6.07, 6.45) is -3.91. The molecule has 7 nitrogen and oxygen atoms in total. The molecular weight excluding hydrogens is 485 g/mol. The van der Waals surface area contributed by atoms with Crippen LogP contribution in [0.2, 0.25) is 0 Å². The first kappa shape index (κ1) is 28.0. The lowest BCUT2D eigenvalue weighted by Gasteiger charge is -2.42. The van der Waals surface area contributed by atoms with E-state index >= 15 is 0 Å². The van der Waals surface area contributed by atoms with Crippen molar-refractivity contribution in [2.24, 2.45) is 0 Å². The van der Waals surface area contributed by atoms with Crippen LogP contribution < -0.4 is 4.74 Å². The SMILES string of the molecule is CCN(CC)C(=O)C1CN(CCCOc2cccc(C#N)c2)CCN1C(=O)c1cccc(C(F)(F)F)c1. The summed E-state index contributed by atoms with van der Waals surface area (Å²) in [4.78, 5) is 31.7. The van der Waals surface area contributed by atoms with E-state index in [1.165, 1.54) is 17.0 Å². The lowest BCUT2D eigenvalue weighted by molar-refractivity contribution is -0.138. The molecule has 0 aliphatic carbocycles. The van der Waals surface area contributed by atoms with Gasteiger partial charge in [0.1, 0.15) is 11.8 Å². The Labute approximate surface area is 215 Å². The van der Waals surface area contributed by atoms with Crippen molar-refractivity contribution in [1.29, 1.82) is 5.26 Å². The second-order valence-corrected chi connectivity index (χ2v) is 8.75. The van der Waals surface area contributed by atoms with Gasteiger partial charge in [0.05, 0.1) is 23.8 Å². The monoisotopic (exact) mass is 516 g/mol. The molecule has 1 saturated heterocycles. The summed E-state index contributed by atoms with van der Waals surface area (Å²) < 4.78 is 45.3. The van der Waals surface area contributed by atoms with Gasteiger partial charge in [-0.1, -0.05) is 12.1 Å². The number of rotatable bonds is 9. The van der Waals surface area contributed by atoms with Crippen molar-refractivity contribution in [2.75, 3.05) is 45.9 Å². The standard InChI is InChI=1S/C27H31F3N4O3/c1-3-33(4-2)26(36)24-19-32(12-7-15-37-23-11-5-8-20(16-23)18-31)13-14-34(24)25(35)21-9-6-10-22(17-21)27(28,29)30/h5-6,8-11,16-17,24H,3-4,7,12-15,19H2,1-2H3. The van der Waals surface area contributed by atoms with Gasteiger partial charge >= 0.3 is 6.18 Å². The predicted molar refractivity (Wildman–Crippen MR) is 132 cm³/mol. The molecular formula is C27H31F3N4O3. The summed E-state index contributed by atoms with van der Waals surface area (Å²) >= 11 is 0. The van der Waals surface area contributed by atoms with Crippen LogP contribution in [0, 0.1) is 11.3 Å². The van der Waals surface area contributed by atoms with E-state index in [0.29, 0.717) is 50.5 Å². The molecule has 0 aromatic heterocycles. The molecule has 0 radical (unpaired) electrons. The number of hydrogen-bond acceptors (Lipinski definition) is 5. The number of nitrogens with zero attached hydrogens (tertiary/aromatic N) is 4. The second kappa shape index (κ2) is 12.6. The minimum absolute atomic E-state index is 0.0892. The molecule has 2 amide bonds. The third-order valence-corrected chi connectivity index (χ3v) is 6.37. The fourth-order valence-electron chi connectivity index (χ4n) is 4.37. The van der Waals surface area contributed by atoms with Gasteiger partial charge in [0.25, 0.3) is 5.91 Å². The molecule has 198 valence electrons. The summed E-state index contributed by atoms with van der Waals surface area (Å²) in [6, 6.07) is 12.5. The van der Waals surface area contributed by atoms with Crippen molar-refractivity contribution < 1.29 is 27.5 Å². The lowest BCUT2D eigenvalue weighted by Crippen LogP contribution is -2.61. The highest BCUT2D eigenvalue weighted by atomic mass is 19.4. The topological polar surface area (TPSA) is 76.9 Å². The van der Waals surface area contributed by atoms with E-state index in [-0.39, 0.29) is 24.6 Å². The summed E-state index contributed by atoms with van der Waals surface area (Å²) in [7, 11) is 0. The average molecular weight is 517 g/mol. The minimum Gasteiger partial charge on any atom is -0.494 e. The number of alkyl halides is 3. The molecule has 1 unspecified atom stereocenters. The highest BCUT2D eigenvalue weighted by Gasteiger charge is 2.38. The summed E-state index contributed by atoms with van der Waals surface area (Å²) in [5.74, 6) is -0.207. The van der Waals surface area contributed by atoms with Crippen LogP contribution in [0.5, 0.6) is 5.75 Å². The van der Waals surface area contributed by atoms with E-state index in [4.69, 9.17) is 10.00 Å². The van der Waals surface area contributed by atoms with Gasteiger partial charge in [-0.2, -0.15) is 18.4 Å². The number of nitriles is 1. The van der Waals surface area contributed by atoms with Crippen LogP contribution in [0.25, 0.3) is 0 Å². The predicted octanol–water partition coefficient (Wildman–Crippen LogP) is 4.04. The maximum Gasteiger partial charge on any atom is 0.416 e. The summed E-state index contributed by atoms with van der Waals surface area (Å²) in [5, 5.41) is 9.01. The van der Waals surface area contributed by atoms with Crippen molar-refractivity contribution in [1.82, 2.24) is 14.7 Å². The number of benzene rings is 2. The Morgan fingerprint density at radius 1 is 1.11 bits per heavy atom. The highest BCUT2D eigenvalue weighted by Crippen LogP contribution is 2.30. The van der Waals surface area contributed by atoms with Crippen LogP contribution >= 0.6 is 0 Å². The Morgan fingerprint density at radius 2 is 1.84 bits per heavy atom. The normalized spacial score (nSPS) is 16.2. The fraction of sp³-hybridized carbons (Fsp3) is 0.444. The van der Waals surface area contributed by atoms with Crippen molar-refractivity contribution in [3.05, 3.63) is 65.2 Å². The van der Waals surface area contributed by atoms with Crippen LogP contribution in [0.15, 0.2) is 48.5 Å². The van der Waals surface area contributed by atoms with Crippen LogP contribution in [-0.2, 0) is 11.0 Å². The van der Waals surface area contributed by atoms with Gasteiger partial charge in [0.15, 0.2) is 0 Å². The van der Waals surface area contributed by atoms with E-state index in [0.717, 1.165) is 12.1 Å². The van der Waals surface area contributed by atoms with Gasteiger partial charge in [-0.05, 0) is 56.7 Å². The van der Waals surface area contributed by atoms with E-state index in [1.54, 1.807) is 29.2 Å². The molecule has 2 aromatic carbocycles. The quantitative estimate of drug-likeness (QED) is 0.470. The molecule has 1 aliphatic heterocycles. The van der Waals surface area contributed by atoms with Gasteiger partial charge in [-0.3, -0.25) is 14.5 Å². The van der Waals surface area contributed by atoms with Gasteiger partial charge in [-0.15, -0.1) is 0 Å². The molecule has 2 aromatic rings. The van der Waals surface area contributed by atoms with Gasteiger partial charge in [0.2, 0.25) is 5.91 Å². The molecule has 0 spiro atoms. The largest absolute Gasteiger partial charge is 0.494 e. The maximum absolute atomic E-state index is 13.3. The van der Waals surface area contributed by atoms with Crippen LogP contribution in [0.4, 0.5) is 13.2 Å². The zero-order chi connectivity index (χ0) is 27.0. The van der Waals surface area contributed by atoms with Crippen molar-refractivity contribution in [3.8, 4) is 11.8 Å². The van der Waals surface area contributed by atoms with E-state index in [9.17, 15) is 22.8 Å². The molecule has 3 rings (SSSR count). The Kier molecular flexibility index (Phi) is 9.53. The smallest absolute Gasteiger partial charge is 0.416 e. The molecule has 0 N–H and O–H groups in total. The van der Waals surface area contributed by atoms with E-state index < -0.39 is 23.7 Å². The van der Waals surface area contributed by atoms with E-state index in [1.807, 2.05) is 13.8 Å². The Balaban J connectivity index is 1.69. The summed E-state index contributed by atoms with van der Waals surface area (Å²) in [5.41, 5.74) is -0.477. The molecule has 1 fully saturated rings. The Morgan fingerprint density at radius 3 is 2.51 bits per heavy atom. The van der Waals surface area contributed by atoms with Crippen molar-refractivity contribution in [2.45, 2.75) is 32.5 Å². The third-order valence-electron chi connectivity index (χ3n) is 6.37. The van der Waals surface area contributed by atoms with Crippen LogP contribution in [0.1, 0.15) is 41.8 Å². The Hall–Kier alpha value is -3.58.